The van der Waals surface area contributed by atoms with E-state index < -0.39 is 20.3 Å². The summed E-state index contributed by atoms with van der Waals surface area (Å²) in [6, 6.07) is 15.4. The SMILES string of the molecule is CN(Cc1ccccc1)S(=O)(=O)c1ccc(NC(=O)[C@H]2CC2(Cl)Cl)cc1. The number of rotatable bonds is 6. The summed E-state index contributed by atoms with van der Waals surface area (Å²) in [5.41, 5.74) is 1.40. The minimum Gasteiger partial charge on any atom is -0.326 e. The first-order chi connectivity index (χ1) is 12.2. The second-order valence-electron chi connectivity index (χ2n) is 6.28. The van der Waals surface area contributed by atoms with Crippen LogP contribution in [0.25, 0.3) is 0 Å². The molecule has 1 aliphatic carbocycles. The molecule has 8 heteroatoms. The third kappa shape index (κ3) is 4.20. The highest BCUT2D eigenvalue weighted by molar-refractivity contribution is 7.89. The molecule has 0 heterocycles. The van der Waals surface area contributed by atoms with Gasteiger partial charge in [0.25, 0.3) is 0 Å². The minimum absolute atomic E-state index is 0.157. The van der Waals surface area contributed by atoms with E-state index in [0.29, 0.717) is 12.1 Å². The molecule has 0 bridgehead atoms. The topological polar surface area (TPSA) is 66.5 Å². The molecule has 1 atom stereocenters. The van der Waals surface area contributed by atoms with Crippen molar-refractivity contribution in [2.24, 2.45) is 5.92 Å². The number of sulfonamides is 1. The van der Waals surface area contributed by atoms with E-state index in [1.165, 1.54) is 23.5 Å². The van der Waals surface area contributed by atoms with E-state index in [2.05, 4.69) is 5.32 Å². The van der Waals surface area contributed by atoms with Gasteiger partial charge in [-0.1, -0.05) is 30.3 Å². The van der Waals surface area contributed by atoms with Crippen molar-refractivity contribution in [1.29, 1.82) is 0 Å². The highest BCUT2D eigenvalue weighted by Gasteiger charge is 2.56. The number of carbonyl (C=O) groups excluding carboxylic acids is 1. The molecule has 5 nitrogen and oxygen atoms in total. The van der Waals surface area contributed by atoms with Gasteiger partial charge in [0.15, 0.2) is 0 Å². The number of hydrogen-bond acceptors (Lipinski definition) is 3. The van der Waals surface area contributed by atoms with Gasteiger partial charge in [-0.25, -0.2) is 8.42 Å². The zero-order valence-corrected chi connectivity index (χ0v) is 16.4. The Bertz CT molecular complexity index is 900. The number of hydrogen-bond donors (Lipinski definition) is 1. The summed E-state index contributed by atoms with van der Waals surface area (Å²) >= 11 is 11.7. The smallest absolute Gasteiger partial charge is 0.243 e. The molecule has 0 unspecified atom stereocenters. The Balaban J connectivity index is 1.68. The van der Waals surface area contributed by atoms with Gasteiger partial charge in [0.05, 0.1) is 10.8 Å². The van der Waals surface area contributed by atoms with Crippen LogP contribution in [0.4, 0.5) is 5.69 Å². The molecule has 138 valence electrons. The van der Waals surface area contributed by atoms with Crippen molar-refractivity contribution in [3.63, 3.8) is 0 Å². The third-order valence-corrected chi connectivity index (χ3v) is 6.87. The summed E-state index contributed by atoms with van der Waals surface area (Å²) in [5.74, 6) is -0.710. The molecule has 1 aliphatic rings. The Labute approximate surface area is 163 Å². The van der Waals surface area contributed by atoms with E-state index in [1.807, 2.05) is 30.3 Å². The number of carbonyl (C=O) groups is 1. The number of nitrogens with one attached hydrogen (secondary N) is 1. The average molecular weight is 413 g/mol. The number of nitrogens with zero attached hydrogens (tertiary/aromatic N) is 1. The number of alkyl halides is 2. The Hall–Kier alpha value is -1.60. The maximum Gasteiger partial charge on any atom is 0.243 e. The van der Waals surface area contributed by atoms with E-state index in [9.17, 15) is 13.2 Å². The lowest BCUT2D eigenvalue weighted by molar-refractivity contribution is -0.117. The normalized spacial score (nSPS) is 18.5. The van der Waals surface area contributed by atoms with Crippen LogP contribution in [0.2, 0.25) is 0 Å². The Morgan fingerprint density at radius 2 is 1.73 bits per heavy atom. The largest absolute Gasteiger partial charge is 0.326 e. The van der Waals surface area contributed by atoms with Gasteiger partial charge in [-0.3, -0.25) is 4.79 Å². The molecule has 0 radical (unpaired) electrons. The maximum atomic E-state index is 12.7. The molecular formula is C18H18Cl2N2O3S. The Kier molecular flexibility index (Phi) is 5.30. The van der Waals surface area contributed by atoms with Gasteiger partial charge in [-0.15, -0.1) is 23.2 Å². The lowest BCUT2D eigenvalue weighted by Crippen LogP contribution is -2.26. The van der Waals surface area contributed by atoms with Gasteiger partial charge < -0.3 is 5.32 Å². The Morgan fingerprint density at radius 3 is 2.27 bits per heavy atom. The van der Waals surface area contributed by atoms with Gasteiger partial charge in [0.1, 0.15) is 4.33 Å². The van der Waals surface area contributed by atoms with Crippen LogP contribution in [0.15, 0.2) is 59.5 Å². The molecule has 0 aromatic heterocycles. The van der Waals surface area contributed by atoms with Crippen LogP contribution in [-0.4, -0.2) is 30.0 Å². The first-order valence-corrected chi connectivity index (χ1v) is 10.2. The van der Waals surface area contributed by atoms with Gasteiger partial charge in [0, 0.05) is 19.3 Å². The van der Waals surface area contributed by atoms with Crippen molar-refractivity contribution in [1.82, 2.24) is 4.31 Å². The molecule has 2 aromatic rings. The van der Waals surface area contributed by atoms with E-state index in [4.69, 9.17) is 23.2 Å². The lowest BCUT2D eigenvalue weighted by Gasteiger charge is -2.17. The second-order valence-corrected chi connectivity index (χ2v) is 9.87. The lowest BCUT2D eigenvalue weighted by atomic mass is 10.2. The maximum absolute atomic E-state index is 12.7. The summed E-state index contributed by atoms with van der Waals surface area (Å²) < 4.78 is 25.6. The fourth-order valence-corrected chi connectivity index (χ4v) is 4.21. The van der Waals surface area contributed by atoms with Crippen LogP contribution in [0.5, 0.6) is 0 Å². The fourth-order valence-electron chi connectivity index (χ4n) is 2.54. The summed E-state index contributed by atoms with van der Waals surface area (Å²) in [4.78, 5) is 12.1. The fraction of sp³-hybridized carbons (Fsp3) is 0.278. The summed E-state index contributed by atoms with van der Waals surface area (Å²) in [6.07, 6.45) is 0.415. The van der Waals surface area contributed by atoms with Crippen molar-refractivity contribution in [2.45, 2.75) is 22.2 Å². The van der Waals surface area contributed by atoms with Crippen molar-refractivity contribution < 1.29 is 13.2 Å². The highest BCUT2D eigenvalue weighted by atomic mass is 35.5. The van der Waals surface area contributed by atoms with Crippen molar-refractivity contribution in [2.75, 3.05) is 12.4 Å². The molecule has 0 saturated heterocycles. The van der Waals surface area contributed by atoms with Crippen LogP contribution >= 0.6 is 23.2 Å². The monoisotopic (exact) mass is 412 g/mol. The number of amides is 1. The van der Waals surface area contributed by atoms with Crippen LogP contribution in [0, 0.1) is 5.92 Å². The van der Waals surface area contributed by atoms with E-state index in [1.54, 1.807) is 12.1 Å². The molecule has 0 spiro atoms. The van der Waals surface area contributed by atoms with E-state index in [-0.39, 0.29) is 17.3 Å². The summed E-state index contributed by atoms with van der Waals surface area (Å²) in [6.45, 7) is 0.275. The zero-order valence-electron chi connectivity index (χ0n) is 14.0. The molecule has 1 fully saturated rings. The molecule has 0 aliphatic heterocycles. The summed E-state index contributed by atoms with van der Waals surface area (Å²) in [5, 5.41) is 2.69. The van der Waals surface area contributed by atoms with E-state index >= 15 is 0 Å². The number of halogens is 2. The zero-order chi connectivity index (χ0) is 18.9. The minimum atomic E-state index is -3.63. The van der Waals surface area contributed by atoms with Crippen molar-refractivity contribution in [3.8, 4) is 0 Å². The quantitative estimate of drug-likeness (QED) is 0.736. The van der Waals surface area contributed by atoms with Crippen molar-refractivity contribution in [3.05, 3.63) is 60.2 Å². The third-order valence-electron chi connectivity index (χ3n) is 4.22. The predicted molar refractivity (Wildman–Crippen MR) is 103 cm³/mol. The average Bonchev–Trinajstić information content (AvgIpc) is 3.25. The summed E-state index contributed by atoms with van der Waals surface area (Å²) in [7, 11) is -2.09. The van der Waals surface area contributed by atoms with Crippen LogP contribution in [0.3, 0.4) is 0 Å². The predicted octanol–water partition coefficient (Wildman–Crippen LogP) is 3.64. The molecular weight excluding hydrogens is 395 g/mol. The van der Waals surface area contributed by atoms with Gasteiger partial charge in [0.2, 0.25) is 15.9 Å². The first kappa shape index (κ1) is 19.2. The first-order valence-electron chi connectivity index (χ1n) is 7.99. The molecule has 1 amide bonds. The molecule has 1 saturated carbocycles. The van der Waals surface area contributed by atoms with Gasteiger partial charge in [-0.05, 0) is 36.2 Å². The molecule has 2 aromatic carbocycles. The molecule has 1 N–H and O–H groups in total. The van der Waals surface area contributed by atoms with E-state index in [0.717, 1.165) is 5.56 Å². The number of benzene rings is 2. The van der Waals surface area contributed by atoms with Crippen LogP contribution in [-0.2, 0) is 21.4 Å². The molecule has 3 rings (SSSR count). The van der Waals surface area contributed by atoms with Crippen LogP contribution in [0.1, 0.15) is 12.0 Å². The molecule has 26 heavy (non-hydrogen) atoms. The van der Waals surface area contributed by atoms with Crippen molar-refractivity contribution >= 4 is 44.8 Å². The Morgan fingerprint density at radius 1 is 1.15 bits per heavy atom. The van der Waals surface area contributed by atoms with Gasteiger partial charge >= 0.3 is 0 Å². The van der Waals surface area contributed by atoms with Crippen LogP contribution < -0.4 is 5.32 Å². The van der Waals surface area contributed by atoms with Gasteiger partial charge in [-0.2, -0.15) is 4.31 Å². The standard InChI is InChI=1S/C18H18Cl2N2O3S/c1-22(12-13-5-3-2-4-6-13)26(24,25)15-9-7-14(8-10-15)21-17(23)16-11-18(16,19)20/h2-10,16H,11-12H2,1H3,(H,21,23)/t16-/m1/s1. The number of anilines is 1. The highest BCUT2D eigenvalue weighted by Crippen LogP contribution is 2.53. The second kappa shape index (κ2) is 7.19.